The molecule has 78 heavy (non-hydrogen) atoms. The first-order valence-electron chi connectivity index (χ1n) is 29.5. The fourth-order valence-corrected chi connectivity index (χ4v) is 10.8. The molecule has 10 nitrogen and oxygen atoms in total. The number of hydrogen-bond acceptors (Lipinski definition) is 8. The molecule has 0 fully saturated rings. The highest BCUT2D eigenvalue weighted by Crippen LogP contribution is 2.34. The minimum absolute atomic E-state index is 0.0284. The SMILES string of the molecule is CCCCCCCCCCCCCCCC[N+](C)(C)C.CCCCCCCCCCCCCCCC[N+](C)(C)C.O=C(O)c1ccccc1Sc1ccccc1C(=O)O.O=C([O-])c1ccccc1Sc1ccccc1C(=O)[O-]. The number of rotatable bonds is 38. The number of carbonyl (C=O) groups is 4. The van der Waals surface area contributed by atoms with Crippen molar-refractivity contribution in [3.63, 3.8) is 0 Å². The van der Waals surface area contributed by atoms with Gasteiger partial charge in [-0.1, -0.05) is 252 Å². The van der Waals surface area contributed by atoms with E-state index in [9.17, 15) is 29.4 Å². The number of carbonyl (C=O) groups excluding carboxylic acids is 2. The number of carboxylic acid groups (broad SMARTS) is 4. The molecule has 0 saturated carbocycles. The highest BCUT2D eigenvalue weighted by molar-refractivity contribution is 7.99. The van der Waals surface area contributed by atoms with Crippen LogP contribution in [0, 0.1) is 0 Å². The quantitative estimate of drug-likeness (QED) is 0.0327. The molecule has 4 rings (SSSR count). The molecule has 2 N–H and O–H groups in total. The van der Waals surface area contributed by atoms with Crippen molar-refractivity contribution in [3.05, 3.63) is 119 Å². The number of quaternary nitrogens is 2. The van der Waals surface area contributed by atoms with Gasteiger partial charge in [-0.3, -0.25) is 0 Å². The second-order valence-corrected chi connectivity index (χ2v) is 24.8. The zero-order valence-corrected chi connectivity index (χ0v) is 51.1. The van der Waals surface area contributed by atoms with E-state index in [0.29, 0.717) is 19.6 Å². The van der Waals surface area contributed by atoms with Gasteiger partial charge in [-0.15, -0.1) is 0 Å². The van der Waals surface area contributed by atoms with Crippen molar-refractivity contribution in [2.45, 2.75) is 213 Å². The van der Waals surface area contributed by atoms with Crippen LogP contribution in [0.5, 0.6) is 0 Å². The minimum atomic E-state index is -1.30. The summed E-state index contributed by atoms with van der Waals surface area (Å²) >= 11 is 2.19. The Bertz CT molecular complexity index is 1950. The summed E-state index contributed by atoms with van der Waals surface area (Å²) in [4.78, 5) is 46.0. The van der Waals surface area contributed by atoms with E-state index in [1.54, 1.807) is 72.8 Å². The summed E-state index contributed by atoms with van der Waals surface area (Å²) < 4.78 is 2.25. The predicted molar refractivity (Wildman–Crippen MR) is 323 cm³/mol. The van der Waals surface area contributed by atoms with E-state index in [-0.39, 0.29) is 22.3 Å². The van der Waals surface area contributed by atoms with Crippen molar-refractivity contribution in [2.24, 2.45) is 0 Å². The van der Waals surface area contributed by atoms with Crippen LogP contribution in [0.2, 0.25) is 0 Å². The molecular formula is C66H102N2O8S2. The summed E-state index contributed by atoms with van der Waals surface area (Å²) in [6.07, 6.45) is 40.7. The number of hydrogen-bond donors (Lipinski definition) is 2. The standard InChI is InChI=1S/2C19H42N.2C14H10O4S/c2*1-5-6-7-8-9-10-11-12-13-14-15-16-17-18-19-20(2,3)4;2*15-13(16)9-5-1-3-7-11(9)19-12-8-4-2-6-10(12)14(17)18/h2*5-19H2,1-4H3;2*1-8H,(H,15,16)(H,17,18)/q2*+1;;/p-2. The molecule has 0 aliphatic carbocycles. The molecule has 4 aromatic rings. The first-order valence-corrected chi connectivity index (χ1v) is 31.2. The van der Waals surface area contributed by atoms with Crippen LogP contribution in [0.4, 0.5) is 0 Å². The van der Waals surface area contributed by atoms with E-state index in [2.05, 4.69) is 56.1 Å². The van der Waals surface area contributed by atoms with Gasteiger partial charge in [0.25, 0.3) is 0 Å². The molecule has 0 amide bonds. The van der Waals surface area contributed by atoms with E-state index in [1.165, 1.54) is 217 Å². The van der Waals surface area contributed by atoms with Crippen LogP contribution in [-0.4, -0.2) is 98.4 Å². The second-order valence-electron chi connectivity index (χ2n) is 22.6. The van der Waals surface area contributed by atoms with Crippen molar-refractivity contribution < 1.29 is 48.6 Å². The predicted octanol–water partition coefficient (Wildman–Crippen LogP) is 16.1. The lowest BCUT2D eigenvalue weighted by Crippen LogP contribution is -2.35. The van der Waals surface area contributed by atoms with E-state index in [1.807, 2.05) is 0 Å². The molecule has 0 atom stereocenters. The Balaban J connectivity index is 0.000000520. The van der Waals surface area contributed by atoms with Crippen molar-refractivity contribution in [1.29, 1.82) is 0 Å². The van der Waals surface area contributed by atoms with Gasteiger partial charge in [-0.05, 0) is 62.1 Å². The molecule has 0 heterocycles. The fourth-order valence-electron chi connectivity index (χ4n) is 8.71. The van der Waals surface area contributed by atoms with Crippen LogP contribution in [-0.2, 0) is 0 Å². The van der Waals surface area contributed by atoms with E-state index in [0.717, 1.165) is 32.5 Å². The molecule has 0 radical (unpaired) electrons. The summed E-state index contributed by atoms with van der Waals surface area (Å²) in [6.45, 7) is 7.25. The van der Waals surface area contributed by atoms with Crippen molar-refractivity contribution in [1.82, 2.24) is 0 Å². The first-order chi connectivity index (χ1) is 37.3. The van der Waals surface area contributed by atoms with E-state index < -0.39 is 23.9 Å². The average Bonchev–Trinajstić information content (AvgIpc) is 3.39. The van der Waals surface area contributed by atoms with Gasteiger partial charge in [0.2, 0.25) is 0 Å². The molecule has 0 aromatic heterocycles. The minimum Gasteiger partial charge on any atom is -0.545 e. The summed E-state index contributed by atoms with van der Waals surface area (Å²) in [5.41, 5.74) is 0.377. The van der Waals surface area contributed by atoms with Crippen molar-refractivity contribution in [3.8, 4) is 0 Å². The maximum absolute atomic E-state index is 11.1. The summed E-state index contributed by atoms with van der Waals surface area (Å²) in [5, 5.41) is 40.1. The fraction of sp³-hybridized carbons (Fsp3) is 0.576. The molecule has 0 spiro atoms. The Kier molecular flexibility index (Phi) is 40.4. The molecule has 0 unspecified atom stereocenters. The highest BCUT2D eigenvalue weighted by Gasteiger charge is 2.15. The normalized spacial score (nSPS) is 11.1. The lowest BCUT2D eigenvalue weighted by Gasteiger charge is -2.23. The Morgan fingerprint density at radius 3 is 0.731 bits per heavy atom. The van der Waals surface area contributed by atoms with Gasteiger partial charge in [0, 0.05) is 30.7 Å². The van der Waals surface area contributed by atoms with Crippen LogP contribution in [0.1, 0.15) is 235 Å². The molecule has 0 saturated heterocycles. The number of carboxylic acids is 4. The van der Waals surface area contributed by atoms with Gasteiger partial charge in [0.1, 0.15) is 0 Å². The van der Waals surface area contributed by atoms with Crippen LogP contribution >= 0.6 is 23.5 Å². The van der Waals surface area contributed by atoms with Crippen LogP contribution in [0.25, 0.3) is 0 Å². The molecule has 0 bridgehead atoms. The monoisotopic (exact) mass is 1110 g/mol. The third-order valence-corrected chi connectivity index (χ3v) is 15.6. The summed E-state index contributed by atoms with van der Waals surface area (Å²) in [6, 6.07) is 25.6. The number of benzene rings is 4. The van der Waals surface area contributed by atoms with Crippen LogP contribution in [0.3, 0.4) is 0 Å². The Labute approximate surface area is 481 Å². The molecule has 0 aliphatic heterocycles. The first kappa shape index (κ1) is 71.4. The van der Waals surface area contributed by atoms with Crippen molar-refractivity contribution >= 4 is 47.4 Å². The summed E-state index contributed by atoms with van der Waals surface area (Å²) in [5.74, 6) is -4.66. The molecule has 4 aromatic carbocycles. The largest absolute Gasteiger partial charge is 0.545 e. The topological polar surface area (TPSA) is 155 Å². The number of unbranched alkanes of at least 4 members (excludes halogenated alkanes) is 26. The lowest BCUT2D eigenvalue weighted by atomic mass is 10.0. The highest BCUT2D eigenvalue weighted by atomic mass is 32.2. The molecule has 0 aliphatic rings. The maximum atomic E-state index is 11.1. The van der Waals surface area contributed by atoms with Gasteiger partial charge in [-0.25, -0.2) is 9.59 Å². The number of aromatic carboxylic acids is 4. The lowest BCUT2D eigenvalue weighted by molar-refractivity contribution is -0.870. The van der Waals surface area contributed by atoms with Gasteiger partial charge < -0.3 is 39.0 Å². The Morgan fingerprint density at radius 2 is 0.526 bits per heavy atom. The van der Waals surface area contributed by atoms with E-state index in [4.69, 9.17) is 10.2 Å². The van der Waals surface area contributed by atoms with Crippen molar-refractivity contribution in [2.75, 3.05) is 55.4 Å². The second kappa shape index (κ2) is 44.2. The van der Waals surface area contributed by atoms with Gasteiger partial charge in [0.15, 0.2) is 0 Å². The Morgan fingerprint density at radius 1 is 0.333 bits per heavy atom. The smallest absolute Gasteiger partial charge is 0.336 e. The maximum Gasteiger partial charge on any atom is 0.336 e. The van der Waals surface area contributed by atoms with Gasteiger partial charge >= 0.3 is 11.9 Å². The molecule has 12 heteroatoms. The average molecular weight is 1120 g/mol. The zero-order valence-electron chi connectivity index (χ0n) is 49.5. The van der Waals surface area contributed by atoms with Gasteiger partial charge in [-0.2, -0.15) is 0 Å². The number of nitrogens with zero attached hydrogens (tertiary/aromatic N) is 2. The Hall–Kier alpha value is -4.62. The van der Waals surface area contributed by atoms with Crippen LogP contribution < -0.4 is 10.2 Å². The van der Waals surface area contributed by atoms with E-state index >= 15 is 0 Å². The third kappa shape index (κ3) is 37.3. The van der Waals surface area contributed by atoms with Crippen LogP contribution in [0.15, 0.2) is 117 Å². The molecule has 436 valence electrons. The molecular weight excluding hydrogens is 1010 g/mol. The van der Waals surface area contributed by atoms with Gasteiger partial charge in [0.05, 0.1) is 78.4 Å². The zero-order chi connectivity index (χ0) is 57.9. The third-order valence-electron chi connectivity index (χ3n) is 13.3. The summed E-state index contributed by atoms with van der Waals surface area (Å²) in [7, 11) is 13.8.